The highest BCUT2D eigenvalue weighted by molar-refractivity contribution is 14.2. The summed E-state index contributed by atoms with van der Waals surface area (Å²) in [6.45, 7) is 2.11. The molecule has 0 aliphatic carbocycles. The largest absolute Gasteiger partial charge is 0.235 e. The Kier molecular flexibility index (Phi) is 4.41. The zero-order chi connectivity index (χ0) is 9.90. The summed E-state index contributed by atoms with van der Waals surface area (Å²) in [5, 5.41) is 0. The van der Waals surface area contributed by atoms with E-state index < -0.39 is 1.68 Å². The molecule has 0 N–H and O–H groups in total. The molecule has 0 atom stereocenters. The molecule has 0 fully saturated rings. The van der Waals surface area contributed by atoms with Crippen LogP contribution in [0.25, 0.3) is 0 Å². The molecule has 0 spiro atoms. The van der Waals surface area contributed by atoms with Gasteiger partial charge >= 0.3 is 0 Å². The van der Waals surface area contributed by atoms with Gasteiger partial charge in [0, 0.05) is 5.56 Å². The molecular formula is C10H11FI2. The molecule has 0 amide bonds. The van der Waals surface area contributed by atoms with Crippen molar-refractivity contribution in [3.05, 3.63) is 35.4 Å². The standard InChI is InChI=1S/C10H11FI2/c1-2-5-8-6-3-4-7-9(8)10(11,12)13/h3-4,6-7H,2,5H2,1H3. The van der Waals surface area contributed by atoms with Crippen LogP contribution in [0, 0.1) is 0 Å². The van der Waals surface area contributed by atoms with Crippen LogP contribution in [0.5, 0.6) is 0 Å². The third-order valence-corrected chi connectivity index (χ3v) is 3.00. The second-order valence-corrected chi connectivity index (χ2v) is 7.94. The van der Waals surface area contributed by atoms with Crippen LogP contribution in [0.4, 0.5) is 4.39 Å². The summed E-state index contributed by atoms with van der Waals surface area (Å²) < 4.78 is 12.4. The normalized spacial score (nSPS) is 11.7. The van der Waals surface area contributed by atoms with Crippen LogP contribution in [-0.4, -0.2) is 0 Å². The van der Waals surface area contributed by atoms with Crippen LogP contribution < -0.4 is 0 Å². The lowest BCUT2D eigenvalue weighted by atomic mass is 10.0. The van der Waals surface area contributed by atoms with E-state index in [4.69, 9.17) is 0 Å². The summed E-state index contributed by atoms with van der Waals surface area (Å²) >= 11 is 3.66. The Morgan fingerprint density at radius 2 is 1.92 bits per heavy atom. The van der Waals surface area contributed by atoms with Crippen LogP contribution >= 0.6 is 45.2 Å². The first-order chi connectivity index (χ1) is 6.05. The molecule has 13 heavy (non-hydrogen) atoms. The van der Waals surface area contributed by atoms with Gasteiger partial charge in [-0.2, -0.15) is 0 Å². The SMILES string of the molecule is CCCc1ccccc1C(F)(I)I. The van der Waals surface area contributed by atoms with Gasteiger partial charge in [0.2, 0.25) is 1.68 Å². The smallest absolute Gasteiger partial charge is 0.215 e. The molecule has 1 aromatic carbocycles. The van der Waals surface area contributed by atoms with E-state index in [1.807, 2.05) is 69.4 Å². The highest BCUT2D eigenvalue weighted by atomic mass is 127. The first kappa shape index (κ1) is 11.7. The Morgan fingerprint density at radius 3 is 2.46 bits per heavy atom. The fourth-order valence-electron chi connectivity index (χ4n) is 1.28. The van der Waals surface area contributed by atoms with Crippen molar-refractivity contribution in [3.63, 3.8) is 0 Å². The fourth-order valence-corrected chi connectivity index (χ4v) is 2.34. The average molecular weight is 404 g/mol. The van der Waals surface area contributed by atoms with Crippen LogP contribution in [-0.2, 0) is 8.10 Å². The second kappa shape index (κ2) is 4.91. The number of alkyl halides is 3. The van der Waals surface area contributed by atoms with E-state index in [9.17, 15) is 4.39 Å². The highest BCUT2D eigenvalue weighted by Gasteiger charge is 2.25. The molecule has 1 rings (SSSR count). The Hall–Kier alpha value is 0.610. The minimum absolute atomic E-state index is 0.804. The minimum Gasteiger partial charge on any atom is -0.215 e. The predicted molar refractivity (Wildman–Crippen MR) is 71.3 cm³/mol. The Bertz CT molecular complexity index is 278. The number of hydrogen-bond acceptors (Lipinski definition) is 0. The molecule has 0 heterocycles. The van der Waals surface area contributed by atoms with Gasteiger partial charge in [-0.1, -0.05) is 37.6 Å². The van der Waals surface area contributed by atoms with Crippen molar-refractivity contribution >= 4 is 45.2 Å². The van der Waals surface area contributed by atoms with E-state index in [2.05, 4.69) is 6.92 Å². The summed E-state index contributed by atoms with van der Waals surface area (Å²) in [6.07, 6.45) is 2.01. The van der Waals surface area contributed by atoms with Crippen molar-refractivity contribution in [2.24, 2.45) is 0 Å². The van der Waals surface area contributed by atoms with E-state index in [1.54, 1.807) is 0 Å². The van der Waals surface area contributed by atoms with Crippen molar-refractivity contribution in [2.75, 3.05) is 0 Å². The maximum Gasteiger partial charge on any atom is 0.235 e. The van der Waals surface area contributed by atoms with E-state index in [-0.39, 0.29) is 0 Å². The molecule has 3 heteroatoms. The van der Waals surface area contributed by atoms with E-state index in [1.165, 1.54) is 0 Å². The first-order valence-electron chi connectivity index (χ1n) is 4.20. The molecule has 0 radical (unpaired) electrons. The molecule has 0 saturated carbocycles. The third kappa shape index (κ3) is 3.34. The number of benzene rings is 1. The molecule has 1 aromatic rings. The summed E-state index contributed by atoms with van der Waals surface area (Å²) in [7, 11) is 0. The van der Waals surface area contributed by atoms with E-state index in [0.29, 0.717) is 0 Å². The van der Waals surface area contributed by atoms with Crippen molar-refractivity contribution < 1.29 is 4.39 Å². The van der Waals surface area contributed by atoms with Crippen LogP contribution in [0.1, 0.15) is 24.5 Å². The molecule has 0 nitrogen and oxygen atoms in total. The number of aryl methyl sites for hydroxylation is 1. The van der Waals surface area contributed by atoms with Crippen molar-refractivity contribution in [1.29, 1.82) is 0 Å². The highest BCUT2D eigenvalue weighted by Crippen LogP contribution is 2.42. The third-order valence-electron chi connectivity index (χ3n) is 1.84. The molecular weight excluding hydrogens is 393 g/mol. The lowest BCUT2D eigenvalue weighted by Gasteiger charge is -2.15. The topological polar surface area (TPSA) is 0 Å². The van der Waals surface area contributed by atoms with Gasteiger partial charge in [-0.15, -0.1) is 0 Å². The van der Waals surface area contributed by atoms with Crippen molar-refractivity contribution in [3.8, 4) is 0 Å². The summed E-state index contributed by atoms with van der Waals surface area (Å²) in [5.74, 6) is 0. The van der Waals surface area contributed by atoms with Gasteiger partial charge in [-0.05, 0) is 57.2 Å². The maximum absolute atomic E-state index is 13.7. The predicted octanol–water partition coefficient (Wildman–Crippen LogP) is 4.59. The van der Waals surface area contributed by atoms with Crippen molar-refractivity contribution in [1.82, 2.24) is 0 Å². The monoisotopic (exact) mass is 404 g/mol. The van der Waals surface area contributed by atoms with Gasteiger partial charge in [0.05, 0.1) is 0 Å². The summed E-state index contributed by atoms with van der Waals surface area (Å²) in [6, 6.07) is 7.72. The molecule has 72 valence electrons. The van der Waals surface area contributed by atoms with Gasteiger partial charge in [0.25, 0.3) is 0 Å². The van der Waals surface area contributed by atoms with Crippen LogP contribution in [0.3, 0.4) is 0 Å². The molecule has 0 bridgehead atoms. The number of rotatable bonds is 3. The minimum atomic E-state index is -1.28. The zero-order valence-corrected chi connectivity index (χ0v) is 11.7. The molecule has 0 saturated heterocycles. The summed E-state index contributed by atoms with van der Waals surface area (Å²) in [4.78, 5) is 0. The van der Waals surface area contributed by atoms with Gasteiger partial charge in [0.15, 0.2) is 0 Å². The lowest BCUT2D eigenvalue weighted by molar-refractivity contribution is 0.466. The first-order valence-corrected chi connectivity index (χ1v) is 6.36. The van der Waals surface area contributed by atoms with Crippen LogP contribution in [0.15, 0.2) is 24.3 Å². The Balaban J connectivity index is 3.05. The van der Waals surface area contributed by atoms with Crippen molar-refractivity contribution in [2.45, 2.75) is 21.4 Å². The average Bonchev–Trinajstić information content (AvgIpc) is 2.04. The zero-order valence-electron chi connectivity index (χ0n) is 7.36. The van der Waals surface area contributed by atoms with E-state index in [0.717, 1.165) is 24.0 Å². The Morgan fingerprint density at radius 1 is 1.31 bits per heavy atom. The number of halogens is 3. The molecule has 0 aliphatic heterocycles. The molecule has 0 aromatic heterocycles. The Labute approximate surface area is 106 Å². The fraction of sp³-hybridized carbons (Fsp3) is 0.400. The second-order valence-electron chi connectivity index (χ2n) is 2.90. The van der Waals surface area contributed by atoms with E-state index >= 15 is 0 Å². The molecule has 0 aliphatic rings. The summed E-state index contributed by atoms with van der Waals surface area (Å²) in [5.41, 5.74) is 1.93. The van der Waals surface area contributed by atoms with Gasteiger partial charge in [-0.3, -0.25) is 0 Å². The van der Waals surface area contributed by atoms with Gasteiger partial charge in [0.1, 0.15) is 0 Å². The maximum atomic E-state index is 13.7. The molecule has 0 unspecified atom stereocenters. The van der Waals surface area contributed by atoms with Crippen LogP contribution in [0.2, 0.25) is 0 Å². The lowest BCUT2D eigenvalue weighted by Crippen LogP contribution is -2.04. The number of hydrogen-bond donors (Lipinski definition) is 0. The van der Waals surface area contributed by atoms with Gasteiger partial charge < -0.3 is 0 Å². The van der Waals surface area contributed by atoms with Gasteiger partial charge in [-0.25, -0.2) is 4.39 Å². The quantitative estimate of drug-likeness (QED) is 0.511.